The van der Waals surface area contributed by atoms with Gasteiger partial charge in [0.2, 0.25) is 0 Å². The Bertz CT molecular complexity index is 771. The molecule has 1 aromatic carbocycles. The number of nitrogens with one attached hydrogen (secondary N) is 1. The molecule has 0 saturated carbocycles. The molecule has 0 bridgehead atoms. The lowest BCUT2D eigenvalue weighted by atomic mass is 10.2. The quantitative estimate of drug-likeness (QED) is 0.283. The van der Waals surface area contributed by atoms with Crippen LogP contribution in [0.5, 0.6) is 0 Å². The Kier molecular flexibility index (Phi) is 7.58. The van der Waals surface area contributed by atoms with Crippen molar-refractivity contribution in [2.45, 2.75) is 37.5 Å². The van der Waals surface area contributed by atoms with Gasteiger partial charge < -0.3 is 14.8 Å². The van der Waals surface area contributed by atoms with E-state index in [2.05, 4.69) is 16.1 Å². The fraction of sp³-hybridized carbons (Fsp3) is 0.412. The summed E-state index contributed by atoms with van der Waals surface area (Å²) in [6, 6.07) is 7.20. The molecule has 1 amide bonds. The largest absolute Gasteiger partial charge is 0.466 e. The molecule has 0 aromatic heterocycles. The normalized spacial score (nSPS) is 14.6. The van der Waals surface area contributed by atoms with E-state index in [1.165, 1.54) is 24.3 Å². The Labute approximate surface area is 164 Å². The van der Waals surface area contributed by atoms with Gasteiger partial charge in [0, 0.05) is 13.5 Å². The van der Waals surface area contributed by atoms with Crippen LogP contribution in [0, 0.1) is 0 Å². The first kappa shape index (κ1) is 25.3. The molecule has 168 valence electrons. The number of halogens is 8. The van der Waals surface area contributed by atoms with Gasteiger partial charge in [-0.25, -0.2) is 13.6 Å². The van der Waals surface area contributed by atoms with Crippen LogP contribution in [0.4, 0.5) is 35.1 Å². The molecule has 5 nitrogen and oxygen atoms in total. The molecule has 13 heteroatoms. The summed E-state index contributed by atoms with van der Waals surface area (Å²) in [5.74, 6) is -13.8. The van der Waals surface area contributed by atoms with Gasteiger partial charge >= 0.3 is 30.0 Å². The maximum absolute atomic E-state index is 13.6. The lowest BCUT2D eigenvalue weighted by Gasteiger charge is -2.34. The second-order valence-corrected chi connectivity index (χ2v) is 6.01. The van der Waals surface area contributed by atoms with Crippen molar-refractivity contribution < 1.29 is 54.2 Å². The van der Waals surface area contributed by atoms with Crippen molar-refractivity contribution in [3.8, 4) is 0 Å². The highest BCUT2D eigenvalue weighted by Gasteiger charge is 2.67. The van der Waals surface area contributed by atoms with E-state index in [1.807, 2.05) is 0 Å². The van der Waals surface area contributed by atoms with Crippen LogP contribution in [-0.2, 0) is 25.6 Å². The average molecular weight is 449 g/mol. The minimum atomic E-state index is -6.03. The molecule has 1 rings (SSSR count). The second-order valence-electron chi connectivity index (χ2n) is 6.01. The van der Waals surface area contributed by atoms with Crippen LogP contribution in [0.2, 0.25) is 0 Å². The van der Waals surface area contributed by atoms with Crippen molar-refractivity contribution >= 4 is 11.9 Å². The summed E-state index contributed by atoms with van der Waals surface area (Å²) in [4.78, 5) is 23.8. The van der Waals surface area contributed by atoms with Crippen molar-refractivity contribution in [1.82, 2.24) is 5.32 Å². The number of carbonyl (C=O) groups is 2. The lowest BCUT2D eigenvalue weighted by molar-refractivity contribution is -0.355. The third kappa shape index (κ3) is 6.68. The highest BCUT2D eigenvalue weighted by Crippen LogP contribution is 2.38. The molecule has 1 aromatic rings. The number of ether oxygens (including phenoxy) is 2. The fourth-order valence-electron chi connectivity index (χ4n) is 1.84. The zero-order chi connectivity index (χ0) is 23.4. The molecule has 0 heterocycles. The van der Waals surface area contributed by atoms with Crippen LogP contribution in [0.25, 0.3) is 0 Å². The predicted molar refractivity (Wildman–Crippen MR) is 84.9 cm³/mol. The first-order chi connectivity index (χ1) is 13.5. The number of hydrogen-bond acceptors (Lipinski definition) is 4. The van der Waals surface area contributed by atoms with Gasteiger partial charge in [-0.15, -0.1) is 0 Å². The van der Waals surface area contributed by atoms with Crippen LogP contribution in [0.3, 0.4) is 0 Å². The molecule has 0 saturated heterocycles. The van der Waals surface area contributed by atoms with E-state index < -0.39 is 54.7 Å². The summed E-state index contributed by atoms with van der Waals surface area (Å²) in [6.45, 7) is -0.341. The summed E-state index contributed by atoms with van der Waals surface area (Å²) in [5, 5.41) is 1.65. The molecule has 1 N–H and O–H groups in total. The van der Waals surface area contributed by atoms with Gasteiger partial charge in [0.15, 0.2) is 0 Å². The Morgan fingerprint density at radius 2 is 1.53 bits per heavy atom. The van der Waals surface area contributed by atoms with Gasteiger partial charge in [0.1, 0.15) is 12.2 Å². The third-order valence-electron chi connectivity index (χ3n) is 3.32. The monoisotopic (exact) mass is 449 g/mol. The van der Waals surface area contributed by atoms with Crippen LogP contribution in [0.15, 0.2) is 42.5 Å². The van der Waals surface area contributed by atoms with E-state index in [4.69, 9.17) is 0 Å². The third-order valence-corrected chi connectivity index (χ3v) is 3.32. The average Bonchev–Trinajstić information content (AvgIpc) is 2.60. The minimum Gasteiger partial charge on any atom is -0.412 e. The molecule has 0 radical (unpaired) electrons. The van der Waals surface area contributed by atoms with Crippen LogP contribution in [-0.4, -0.2) is 42.5 Å². The predicted octanol–water partition coefficient (Wildman–Crippen LogP) is 3.89. The first-order valence-electron chi connectivity index (χ1n) is 7.90. The van der Waals surface area contributed by atoms with E-state index in [0.717, 1.165) is 0 Å². The Hall–Kier alpha value is -2.70. The highest BCUT2D eigenvalue weighted by atomic mass is 19.4. The van der Waals surface area contributed by atoms with Gasteiger partial charge in [-0.2, -0.15) is 26.3 Å². The topological polar surface area (TPSA) is 64.6 Å². The summed E-state index contributed by atoms with van der Waals surface area (Å²) >= 11 is 0. The van der Waals surface area contributed by atoms with Gasteiger partial charge in [-0.1, -0.05) is 36.9 Å². The molecule has 0 aliphatic heterocycles. The van der Waals surface area contributed by atoms with Gasteiger partial charge in [0.25, 0.3) is 5.92 Å². The van der Waals surface area contributed by atoms with Crippen molar-refractivity contribution in [3.05, 3.63) is 48.0 Å². The van der Waals surface area contributed by atoms with Crippen molar-refractivity contribution in [2.24, 2.45) is 0 Å². The standard InChI is InChI=1S/C17H15F8NO4/c1-10(16(20,21)22)12(27)30-15(17(23,24)25,29-9-14(2,18)19)13(28)26-8-11-6-4-3-5-7-11/h3-7H,1,8-9H2,2H3,(H,26,28). The number of esters is 1. The zero-order valence-corrected chi connectivity index (χ0v) is 15.2. The number of alkyl halides is 8. The Morgan fingerprint density at radius 1 is 1.00 bits per heavy atom. The fourth-order valence-corrected chi connectivity index (χ4v) is 1.84. The van der Waals surface area contributed by atoms with Crippen LogP contribution in [0.1, 0.15) is 12.5 Å². The summed E-state index contributed by atoms with van der Waals surface area (Å²) in [5.41, 5.74) is -2.16. The molecular weight excluding hydrogens is 434 g/mol. The number of amides is 1. The molecule has 1 atom stereocenters. The molecule has 0 spiro atoms. The van der Waals surface area contributed by atoms with E-state index in [0.29, 0.717) is 0 Å². The van der Waals surface area contributed by atoms with Crippen LogP contribution >= 0.6 is 0 Å². The number of hydrogen-bond donors (Lipinski definition) is 1. The minimum absolute atomic E-state index is 0.118. The smallest absolute Gasteiger partial charge is 0.412 e. The first-order valence-corrected chi connectivity index (χ1v) is 7.90. The number of carbonyl (C=O) groups excluding carboxylic acids is 2. The van der Waals surface area contributed by atoms with Gasteiger partial charge in [0.05, 0.1) is 0 Å². The molecule has 0 fully saturated rings. The SMILES string of the molecule is C=C(C(=O)OC(OCC(C)(F)F)(C(=O)NCc1ccccc1)C(F)(F)F)C(F)(F)F. The second kappa shape index (κ2) is 8.98. The maximum atomic E-state index is 13.6. The lowest BCUT2D eigenvalue weighted by Crippen LogP contribution is -2.62. The van der Waals surface area contributed by atoms with Gasteiger partial charge in [-0.05, 0) is 5.56 Å². The molecule has 0 aliphatic carbocycles. The molecule has 0 aliphatic rings. The van der Waals surface area contributed by atoms with E-state index in [-0.39, 0.29) is 12.5 Å². The van der Waals surface area contributed by atoms with E-state index in [1.54, 1.807) is 11.4 Å². The van der Waals surface area contributed by atoms with Gasteiger partial charge in [-0.3, -0.25) is 4.79 Å². The highest BCUT2D eigenvalue weighted by molar-refractivity contribution is 5.93. The molecule has 30 heavy (non-hydrogen) atoms. The Balaban J connectivity index is 3.29. The maximum Gasteiger partial charge on any atom is 0.466 e. The van der Waals surface area contributed by atoms with E-state index in [9.17, 15) is 44.7 Å². The molecule has 1 unspecified atom stereocenters. The Morgan fingerprint density at radius 3 is 1.97 bits per heavy atom. The zero-order valence-electron chi connectivity index (χ0n) is 15.2. The van der Waals surface area contributed by atoms with Crippen molar-refractivity contribution in [3.63, 3.8) is 0 Å². The summed E-state index contributed by atoms with van der Waals surface area (Å²) in [7, 11) is 0. The summed E-state index contributed by atoms with van der Waals surface area (Å²) in [6.07, 6.45) is -11.5. The van der Waals surface area contributed by atoms with Crippen molar-refractivity contribution in [2.75, 3.05) is 6.61 Å². The van der Waals surface area contributed by atoms with E-state index >= 15 is 0 Å². The molecular formula is C17H15F8NO4. The number of benzene rings is 1. The number of rotatable bonds is 8. The summed E-state index contributed by atoms with van der Waals surface area (Å²) < 4.78 is 112. The van der Waals surface area contributed by atoms with Crippen molar-refractivity contribution in [1.29, 1.82) is 0 Å². The van der Waals surface area contributed by atoms with Crippen LogP contribution < -0.4 is 5.32 Å².